The average molecular weight is 454 g/mol. The Morgan fingerprint density at radius 1 is 1.09 bits per heavy atom. The van der Waals surface area contributed by atoms with E-state index in [-0.39, 0.29) is 11.3 Å². The van der Waals surface area contributed by atoms with Gasteiger partial charge in [-0.2, -0.15) is 5.10 Å². The fraction of sp³-hybridized carbons (Fsp3) is 0.130. The van der Waals surface area contributed by atoms with Crippen molar-refractivity contribution in [3.63, 3.8) is 0 Å². The number of carbonyl (C=O) groups is 1. The van der Waals surface area contributed by atoms with Gasteiger partial charge in [-0.05, 0) is 48.9 Å². The Morgan fingerprint density at radius 2 is 1.84 bits per heavy atom. The van der Waals surface area contributed by atoms with E-state index in [1.807, 2.05) is 25.1 Å². The molecular formula is C23H20ClN3O5. The van der Waals surface area contributed by atoms with Gasteiger partial charge in [0.15, 0.2) is 11.5 Å². The Labute approximate surface area is 189 Å². The van der Waals surface area contributed by atoms with Gasteiger partial charge in [-0.3, -0.25) is 14.9 Å². The molecule has 3 rings (SSSR count). The number of nitrogens with one attached hydrogen (secondary N) is 1. The lowest BCUT2D eigenvalue weighted by molar-refractivity contribution is -0.384. The number of ether oxygens (including phenoxy) is 2. The van der Waals surface area contributed by atoms with Crippen LogP contribution in [-0.4, -0.2) is 23.7 Å². The summed E-state index contributed by atoms with van der Waals surface area (Å²) in [5.74, 6) is 0.602. The molecule has 0 atom stereocenters. The van der Waals surface area contributed by atoms with Gasteiger partial charge in [0.05, 0.1) is 17.7 Å². The third kappa shape index (κ3) is 6.05. The topological polar surface area (TPSA) is 103 Å². The van der Waals surface area contributed by atoms with Gasteiger partial charge in [0, 0.05) is 28.3 Å². The number of non-ortho nitro benzene ring substituents is 1. The minimum absolute atomic E-state index is 0.0923. The van der Waals surface area contributed by atoms with Crippen molar-refractivity contribution in [1.82, 2.24) is 5.43 Å². The quantitative estimate of drug-likeness (QED) is 0.279. The Hall–Kier alpha value is -3.91. The van der Waals surface area contributed by atoms with Crippen molar-refractivity contribution in [2.24, 2.45) is 5.10 Å². The third-order valence-corrected chi connectivity index (χ3v) is 4.70. The van der Waals surface area contributed by atoms with Gasteiger partial charge >= 0.3 is 0 Å². The zero-order valence-corrected chi connectivity index (χ0v) is 17.9. The lowest BCUT2D eigenvalue weighted by Gasteiger charge is -2.13. The van der Waals surface area contributed by atoms with Crippen LogP contribution in [0.5, 0.6) is 11.5 Å². The lowest BCUT2D eigenvalue weighted by atomic mass is 10.2. The minimum atomic E-state index is -0.530. The molecule has 1 N–H and O–H groups in total. The molecule has 0 saturated carbocycles. The van der Waals surface area contributed by atoms with E-state index in [0.717, 1.165) is 5.56 Å². The molecule has 0 saturated heterocycles. The standard InChI is InChI=1S/C23H20ClN3O5/c1-2-31-22-13-16(7-12-21(22)32-15-18-5-3-4-6-20(18)24)14-25-26-23(28)17-8-10-19(11-9-17)27(29)30/h3-14H,2,15H2,1H3,(H,26,28)/b25-14+. The molecule has 164 valence electrons. The van der Waals surface area contributed by atoms with E-state index in [9.17, 15) is 14.9 Å². The Kier molecular flexibility index (Phi) is 7.77. The van der Waals surface area contributed by atoms with E-state index >= 15 is 0 Å². The summed E-state index contributed by atoms with van der Waals surface area (Å²) in [6.45, 7) is 2.60. The normalized spacial score (nSPS) is 10.7. The number of nitro benzene ring substituents is 1. The molecule has 0 spiro atoms. The maximum Gasteiger partial charge on any atom is 0.271 e. The van der Waals surface area contributed by atoms with Crippen molar-refractivity contribution in [3.05, 3.63) is 98.6 Å². The van der Waals surface area contributed by atoms with Crippen LogP contribution in [0, 0.1) is 10.1 Å². The smallest absolute Gasteiger partial charge is 0.271 e. The van der Waals surface area contributed by atoms with Crippen molar-refractivity contribution in [1.29, 1.82) is 0 Å². The van der Waals surface area contributed by atoms with E-state index in [2.05, 4.69) is 10.5 Å². The van der Waals surface area contributed by atoms with E-state index in [1.165, 1.54) is 30.5 Å². The first kappa shape index (κ1) is 22.8. The molecule has 0 unspecified atom stereocenters. The van der Waals surface area contributed by atoms with Gasteiger partial charge in [0.1, 0.15) is 6.61 Å². The second-order valence-electron chi connectivity index (χ2n) is 6.52. The molecule has 3 aromatic carbocycles. The zero-order valence-electron chi connectivity index (χ0n) is 17.2. The van der Waals surface area contributed by atoms with E-state index in [1.54, 1.807) is 24.3 Å². The zero-order chi connectivity index (χ0) is 22.9. The van der Waals surface area contributed by atoms with Crippen LogP contribution in [0.15, 0.2) is 71.8 Å². The van der Waals surface area contributed by atoms with Crippen LogP contribution in [0.2, 0.25) is 5.02 Å². The summed E-state index contributed by atoms with van der Waals surface area (Å²) >= 11 is 6.17. The monoisotopic (exact) mass is 453 g/mol. The minimum Gasteiger partial charge on any atom is -0.490 e. The SMILES string of the molecule is CCOc1cc(/C=N/NC(=O)c2ccc([N+](=O)[O-])cc2)ccc1OCc1ccccc1Cl. The van der Waals surface area contributed by atoms with E-state index < -0.39 is 10.8 Å². The molecule has 0 aliphatic rings. The van der Waals surface area contributed by atoms with Crippen LogP contribution in [0.25, 0.3) is 0 Å². The first-order valence-electron chi connectivity index (χ1n) is 9.69. The van der Waals surface area contributed by atoms with Crippen LogP contribution >= 0.6 is 11.6 Å². The highest BCUT2D eigenvalue weighted by Gasteiger charge is 2.10. The highest BCUT2D eigenvalue weighted by Crippen LogP contribution is 2.29. The second kappa shape index (κ2) is 10.9. The summed E-state index contributed by atoms with van der Waals surface area (Å²) in [6, 6.07) is 17.9. The number of carbonyl (C=O) groups excluding carboxylic acids is 1. The fourth-order valence-corrected chi connectivity index (χ4v) is 2.92. The van der Waals surface area contributed by atoms with Gasteiger partial charge in [0.25, 0.3) is 11.6 Å². The van der Waals surface area contributed by atoms with Gasteiger partial charge < -0.3 is 9.47 Å². The maximum absolute atomic E-state index is 12.1. The Balaban J connectivity index is 1.65. The number of hydrogen-bond donors (Lipinski definition) is 1. The summed E-state index contributed by atoms with van der Waals surface area (Å²) in [4.78, 5) is 22.3. The van der Waals surface area contributed by atoms with Crippen molar-refractivity contribution in [3.8, 4) is 11.5 Å². The molecule has 3 aromatic rings. The molecule has 0 heterocycles. The average Bonchev–Trinajstić information content (AvgIpc) is 2.79. The number of benzene rings is 3. The van der Waals surface area contributed by atoms with Crippen LogP contribution in [-0.2, 0) is 6.61 Å². The van der Waals surface area contributed by atoms with Crippen molar-refractivity contribution in [2.45, 2.75) is 13.5 Å². The highest BCUT2D eigenvalue weighted by atomic mass is 35.5. The molecule has 0 fully saturated rings. The summed E-state index contributed by atoms with van der Waals surface area (Å²) in [5.41, 5.74) is 4.09. The second-order valence-corrected chi connectivity index (χ2v) is 6.93. The Morgan fingerprint density at radius 3 is 2.53 bits per heavy atom. The molecule has 0 radical (unpaired) electrons. The number of hydrazone groups is 1. The van der Waals surface area contributed by atoms with Gasteiger partial charge in [-0.25, -0.2) is 5.43 Å². The summed E-state index contributed by atoms with van der Waals surface area (Å²) in [5, 5.41) is 15.3. The van der Waals surface area contributed by atoms with Crippen LogP contribution in [0.3, 0.4) is 0 Å². The van der Waals surface area contributed by atoms with Gasteiger partial charge in [-0.15, -0.1) is 0 Å². The van der Waals surface area contributed by atoms with Crippen molar-refractivity contribution < 1.29 is 19.2 Å². The predicted octanol–water partition coefficient (Wildman–Crippen LogP) is 4.99. The molecule has 0 aliphatic carbocycles. The predicted molar refractivity (Wildman–Crippen MR) is 122 cm³/mol. The largest absolute Gasteiger partial charge is 0.490 e. The number of halogens is 1. The molecule has 0 aliphatic heterocycles. The van der Waals surface area contributed by atoms with Crippen LogP contribution in [0.1, 0.15) is 28.4 Å². The van der Waals surface area contributed by atoms with Crippen molar-refractivity contribution in [2.75, 3.05) is 6.61 Å². The molecule has 1 amide bonds. The fourth-order valence-electron chi connectivity index (χ4n) is 2.73. The molecule has 0 bridgehead atoms. The summed E-state index contributed by atoms with van der Waals surface area (Å²) in [7, 11) is 0. The molecule has 0 aromatic heterocycles. The molecule has 9 heteroatoms. The number of nitro groups is 1. The Bertz CT molecular complexity index is 1130. The third-order valence-electron chi connectivity index (χ3n) is 4.33. The number of amides is 1. The van der Waals surface area contributed by atoms with E-state index in [4.69, 9.17) is 21.1 Å². The number of rotatable bonds is 9. The summed E-state index contributed by atoms with van der Waals surface area (Å²) in [6.07, 6.45) is 1.46. The first-order valence-corrected chi connectivity index (χ1v) is 10.1. The number of nitrogens with zero attached hydrogens (tertiary/aromatic N) is 2. The molecule has 32 heavy (non-hydrogen) atoms. The van der Waals surface area contributed by atoms with Crippen molar-refractivity contribution >= 4 is 29.4 Å². The van der Waals surface area contributed by atoms with Gasteiger partial charge in [0.2, 0.25) is 0 Å². The highest BCUT2D eigenvalue weighted by molar-refractivity contribution is 6.31. The lowest BCUT2D eigenvalue weighted by Crippen LogP contribution is -2.17. The van der Waals surface area contributed by atoms with Crippen LogP contribution < -0.4 is 14.9 Å². The summed E-state index contributed by atoms with van der Waals surface area (Å²) < 4.78 is 11.5. The van der Waals surface area contributed by atoms with Crippen LogP contribution in [0.4, 0.5) is 5.69 Å². The molecule has 8 nitrogen and oxygen atoms in total. The van der Waals surface area contributed by atoms with E-state index in [0.29, 0.717) is 35.3 Å². The van der Waals surface area contributed by atoms with Gasteiger partial charge in [-0.1, -0.05) is 29.8 Å². The molecular weight excluding hydrogens is 434 g/mol. The first-order chi connectivity index (χ1) is 15.5. The maximum atomic E-state index is 12.1. The number of hydrogen-bond acceptors (Lipinski definition) is 6.